The summed E-state index contributed by atoms with van der Waals surface area (Å²) >= 11 is 5.89. The summed E-state index contributed by atoms with van der Waals surface area (Å²) in [7, 11) is 1.55. The lowest BCUT2D eigenvalue weighted by Crippen LogP contribution is -2.34. The van der Waals surface area contributed by atoms with Gasteiger partial charge in [-0.2, -0.15) is 0 Å². The van der Waals surface area contributed by atoms with Crippen LogP contribution in [0.5, 0.6) is 11.5 Å². The quantitative estimate of drug-likeness (QED) is 0.615. The molecular weight excluding hydrogens is 401 g/mol. The Bertz CT molecular complexity index is 841. The van der Waals surface area contributed by atoms with Gasteiger partial charge in [-0.25, -0.2) is 4.39 Å². The minimum absolute atomic E-state index is 0.0481. The highest BCUT2D eigenvalue weighted by molar-refractivity contribution is 6.32. The van der Waals surface area contributed by atoms with Gasteiger partial charge in [0.1, 0.15) is 17.3 Å². The van der Waals surface area contributed by atoms with E-state index in [9.17, 15) is 14.0 Å². The van der Waals surface area contributed by atoms with Crippen LogP contribution in [0.4, 0.5) is 4.39 Å². The van der Waals surface area contributed by atoms with Crippen LogP contribution in [0, 0.1) is 5.82 Å². The minimum Gasteiger partial charge on any atom is -0.497 e. The summed E-state index contributed by atoms with van der Waals surface area (Å²) in [5.41, 5.74) is 0.708. The van der Waals surface area contributed by atoms with Gasteiger partial charge in [-0.3, -0.25) is 9.59 Å². The van der Waals surface area contributed by atoms with Gasteiger partial charge in [0.05, 0.1) is 30.7 Å². The molecule has 1 amide bonds. The molecule has 0 fully saturated rings. The van der Waals surface area contributed by atoms with E-state index in [1.165, 1.54) is 12.1 Å². The van der Waals surface area contributed by atoms with Crippen LogP contribution in [0.15, 0.2) is 42.5 Å². The van der Waals surface area contributed by atoms with Crippen molar-refractivity contribution in [2.45, 2.75) is 32.4 Å². The molecule has 0 radical (unpaired) electrons. The number of halogens is 2. The lowest BCUT2D eigenvalue weighted by Gasteiger charge is -2.20. The SMILES string of the molecule is COc1ccc(C(CC(=O)OC(C)C)NC(=O)COc2ccc(F)cc2Cl)cc1. The second kappa shape index (κ2) is 10.7. The molecule has 0 aliphatic carbocycles. The fourth-order valence-corrected chi connectivity index (χ4v) is 2.76. The van der Waals surface area contributed by atoms with Crippen LogP contribution in [-0.4, -0.2) is 31.7 Å². The van der Waals surface area contributed by atoms with Crippen molar-refractivity contribution < 1.29 is 28.2 Å². The zero-order chi connectivity index (χ0) is 21.4. The third kappa shape index (κ3) is 7.27. The summed E-state index contributed by atoms with van der Waals surface area (Å²) in [6, 6.07) is 9.97. The number of hydrogen-bond acceptors (Lipinski definition) is 5. The summed E-state index contributed by atoms with van der Waals surface area (Å²) < 4.78 is 28.8. The Morgan fingerprint density at radius 3 is 2.41 bits per heavy atom. The van der Waals surface area contributed by atoms with Gasteiger partial charge in [-0.15, -0.1) is 0 Å². The third-order valence-corrected chi connectivity index (χ3v) is 4.14. The Morgan fingerprint density at radius 2 is 1.83 bits per heavy atom. The van der Waals surface area contributed by atoms with Crippen LogP contribution < -0.4 is 14.8 Å². The number of carbonyl (C=O) groups excluding carboxylic acids is 2. The van der Waals surface area contributed by atoms with E-state index in [1.807, 2.05) is 0 Å². The molecule has 0 saturated heterocycles. The lowest BCUT2D eigenvalue weighted by molar-refractivity contribution is -0.148. The second-order valence-corrected chi connectivity index (χ2v) is 6.91. The van der Waals surface area contributed by atoms with E-state index >= 15 is 0 Å². The largest absolute Gasteiger partial charge is 0.497 e. The second-order valence-electron chi connectivity index (χ2n) is 6.50. The van der Waals surface area contributed by atoms with E-state index in [2.05, 4.69) is 5.32 Å². The van der Waals surface area contributed by atoms with E-state index in [1.54, 1.807) is 45.2 Å². The molecule has 0 aliphatic heterocycles. The smallest absolute Gasteiger partial charge is 0.308 e. The first-order valence-corrected chi connectivity index (χ1v) is 9.37. The highest BCUT2D eigenvalue weighted by Gasteiger charge is 2.21. The summed E-state index contributed by atoms with van der Waals surface area (Å²) in [5, 5.41) is 2.81. The maximum atomic E-state index is 13.1. The van der Waals surface area contributed by atoms with Crippen molar-refractivity contribution in [3.8, 4) is 11.5 Å². The molecule has 2 rings (SSSR count). The first-order valence-electron chi connectivity index (χ1n) is 8.99. The van der Waals surface area contributed by atoms with Gasteiger partial charge in [-0.1, -0.05) is 23.7 Å². The molecule has 0 aliphatic rings. The molecule has 0 aromatic heterocycles. The number of nitrogens with one attached hydrogen (secondary N) is 1. The molecule has 0 bridgehead atoms. The molecule has 29 heavy (non-hydrogen) atoms. The third-order valence-electron chi connectivity index (χ3n) is 3.84. The number of carbonyl (C=O) groups is 2. The number of hydrogen-bond donors (Lipinski definition) is 1. The maximum absolute atomic E-state index is 13.1. The Morgan fingerprint density at radius 1 is 1.14 bits per heavy atom. The summed E-state index contributed by atoms with van der Waals surface area (Å²) in [6.45, 7) is 3.15. The van der Waals surface area contributed by atoms with Crippen LogP contribution in [0.3, 0.4) is 0 Å². The monoisotopic (exact) mass is 423 g/mol. The predicted molar refractivity (Wildman–Crippen MR) is 107 cm³/mol. The van der Waals surface area contributed by atoms with Crippen LogP contribution in [0.2, 0.25) is 5.02 Å². The van der Waals surface area contributed by atoms with Gasteiger partial charge in [0.25, 0.3) is 5.91 Å². The lowest BCUT2D eigenvalue weighted by atomic mass is 10.0. The standard InChI is InChI=1S/C21H23ClFNO5/c1-13(2)29-21(26)11-18(14-4-7-16(27-3)8-5-14)24-20(25)12-28-19-9-6-15(23)10-17(19)22/h4-10,13,18H,11-12H2,1-3H3,(H,24,25). The highest BCUT2D eigenvalue weighted by atomic mass is 35.5. The molecule has 1 N–H and O–H groups in total. The summed E-state index contributed by atoms with van der Waals surface area (Å²) in [5.74, 6) is -0.580. The number of benzene rings is 2. The Kier molecular flexibility index (Phi) is 8.27. The predicted octanol–water partition coefficient (Wildman–Crippen LogP) is 4.07. The number of rotatable bonds is 9. The molecule has 0 heterocycles. The minimum atomic E-state index is -0.619. The van der Waals surface area contributed by atoms with E-state index in [4.69, 9.17) is 25.8 Å². The average Bonchev–Trinajstić information content (AvgIpc) is 2.66. The average molecular weight is 424 g/mol. The fraction of sp³-hybridized carbons (Fsp3) is 0.333. The fourth-order valence-electron chi connectivity index (χ4n) is 2.54. The molecule has 2 aromatic rings. The molecule has 0 saturated carbocycles. The van der Waals surface area contributed by atoms with Crippen LogP contribution in [0.1, 0.15) is 31.9 Å². The maximum Gasteiger partial charge on any atom is 0.308 e. The van der Waals surface area contributed by atoms with Crippen molar-refractivity contribution in [2.24, 2.45) is 0 Å². The van der Waals surface area contributed by atoms with E-state index < -0.39 is 23.7 Å². The van der Waals surface area contributed by atoms with Crippen molar-refractivity contribution in [1.29, 1.82) is 0 Å². The number of esters is 1. The summed E-state index contributed by atoms with van der Waals surface area (Å²) in [4.78, 5) is 24.5. The summed E-state index contributed by atoms with van der Waals surface area (Å²) in [6.07, 6.45) is -0.313. The van der Waals surface area contributed by atoms with Crippen molar-refractivity contribution in [3.63, 3.8) is 0 Å². The number of methoxy groups -OCH3 is 1. The van der Waals surface area contributed by atoms with Gasteiger partial charge in [0, 0.05) is 0 Å². The van der Waals surface area contributed by atoms with E-state index in [0.717, 1.165) is 6.07 Å². The highest BCUT2D eigenvalue weighted by Crippen LogP contribution is 2.25. The molecule has 6 nitrogen and oxygen atoms in total. The van der Waals surface area contributed by atoms with Crippen molar-refractivity contribution in [1.82, 2.24) is 5.32 Å². The van der Waals surface area contributed by atoms with E-state index in [0.29, 0.717) is 11.3 Å². The molecule has 1 unspecified atom stereocenters. The zero-order valence-corrected chi connectivity index (χ0v) is 17.2. The first kappa shape index (κ1) is 22.5. The van der Waals surface area contributed by atoms with Crippen molar-refractivity contribution in [3.05, 3.63) is 58.9 Å². The zero-order valence-electron chi connectivity index (χ0n) is 16.4. The molecule has 1 atom stereocenters. The van der Waals surface area contributed by atoms with Gasteiger partial charge in [0.15, 0.2) is 6.61 Å². The molecule has 8 heteroatoms. The van der Waals surface area contributed by atoms with Crippen LogP contribution >= 0.6 is 11.6 Å². The normalized spacial score (nSPS) is 11.7. The van der Waals surface area contributed by atoms with Crippen LogP contribution in [0.25, 0.3) is 0 Å². The van der Waals surface area contributed by atoms with E-state index in [-0.39, 0.29) is 29.9 Å². The molecule has 0 spiro atoms. The first-order chi connectivity index (χ1) is 13.8. The Balaban J connectivity index is 2.06. The van der Waals surface area contributed by atoms with Crippen LogP contribution in [-0.2, 0) is 14.3 Å². The van der Waals surface area contributed by atoms with Gasteiger partial charge in [-0.05, 0) is 49.7 Å². The molecular formula is C21H23ClFNO5. The topological polar surface area (TPSA) is 73.9 Å². The Labute approximate surface area is 173 Å². The Hall–Kier alpha value is -2.80. The molecule has 2 aromatic carbocycles. The number of amides is 1. The van der Waals surface area contributed by atoms with Gasteiger partial charge in [0.2, 0.25) is 0 Å². The molecule has 156 valence electrons. The van der Waals surface area contributed by atoms with Gasteiger partial charge >= 0.3 is 5.97 Å². The number of ether oxygens (including phenoxy) is 3. The van der Waals surface area contributed by atoms with Gasteiger partial charge < -0.3 is 19.5 Å². The van der Waals surface area contributed by atoms with Crippen molar-refractivity contribution >= 4 is 23.5 Å². The van der Waals surface area contributed by atoms with Crippen molar-refractivity contribution in [2.75, 3.05) is 13.7 Å².